The maximum absolute atomic E-state index is 12.7. The zero-order valence-corrected chi connectivity index (χ0v) is 9.87. The Labute approximate surface area is 104 Å². The third-order valence-electron chi connectivity index (χ3n) is 3.82. The average Bonchev–Trinajstić information content (AvgIpc) is 3.08. The Morgan fingerprint density at radius 2 is 2.00 bits per heavy atom. The molecule has 1 fully saturated rings. The fourth-order valence-corrected chi connectivity index (χ4v) is 2.76. The van der Waals surface area contributed by atoms with Gasteiger partial charge in [-0.1, -0.05) is 6.07 Å². The molecule has 1 aliphatic heterocycles. The van der Waals surface area contributed by atoms with Crippen LogP contribution in [-0.2, 0) is 12.7 Å². The molecule has 1 aliphatic carbocycles. The molecule has 0 radical (unpaired) electrons. The summed E-state index contributed by atoms with van der Waals surface area (Å²) in [6, 6.07) is 4.51. The smallest absolute Gasteiger partial charge is 0.329 e. The Hall–Kier alpha value is -1.07. The monoisotopic (exact) mass is 256 g/mol. The molecule has 18 heavy (non-hydrogen) atoms. The minimum Gasteiger partial charge on any atom is -0.329 e. The highest BCUT2D eigenvalue weighted by molar-refractivity contribution is 5.39. The third kappa shape index (κ3) is 1.91. The number of nitrogens with two attached hydrogens (primary N) is 1. The fraction of sp³-hybridized carbons (Fsp3) is 0.538. The van der Waals surface area contributed by atoms with Crippen LogP contribution in [0.3, 0.4) is 0 Å². The molecule has 2 N–H and O–H groups in total. The molecule has 1 saturated carbocycles. The van der Waals surface area contributed by atoms with E-state index in [1.807, 2.05) is 0 Å². The number of halogens is 3. The van der Waals surface area contributed by atoms with Gasteiger partial charge in [0.05, 0.1) is 5.56 Å². The van der Waals surface area contributed by atoms with Crippen LogP contribution in [-0.4, -0.2) is 17.5 Å². The van der Waals surface area contributed by atoms with Gasteiger partial charge < -0.3 is 5.73 Å². The lowest BCUT2D eigenvalue weighted by Crippen LogP contribution is -2.29. The van der Waals surface area contributed by atoms with Gasteiger partial charge in [-0.15, -0.1) is 0 Å². The van der Waals surface area contributed by atoms with E-state index in [0.717, 1.165) is 30.5 Å². The first kappa shape index (κ1) is 12.0. The van der Waals surface area contributed by atoms with Gasteiger partial charge in [-0.25, -0.2) is 0 Å². The highest BCUT2D eigenvalue weighted by Crippen LogP contribution is 2.43. The molecule has 98 valence electrons. The predicted octanol–water partition coefficient (Wildman–Crippen LogP) is 2.68. The maximum Gasteiger partial charge on any atom is 0.416 e. The normalized spacial score (nSPS) is 24.3. The second-order valence-corrected chi connectivity index (χ2v) is 5.07. The molecule has 5 heteroatoms. The zero-order chi connectivity index (χ0) is 12.9. The van der Waals surface area contributed by atoms with E-state index in [-0.39, 0.29) is 6.04 Å². The summed E-state index contributed by atoms with van der Waals surface area (Å²) in [6.07, 6.45) is -2.01. The van der Waals surface area contributed by atoms with Gasteiger partial charge in [0.2, 0.25) is 0 Å². The highest BCUT2D eigenvalue weighted by atomic mass is 19.4. The van der Waals surface area contributed by atoms with Gasteiger partial charge in [0.15, 0.2) is 0 Å². The second-order valence-electron chi connectivity index (χ2n) is 5.07. The Balaban J connectivity index is 1.97. The van der Waals surface area contributed by atoms with Crippen LogP contribution >= 0.6 is 0 Å². The highest BCUT2D eigenvalue weighted by Gasteiger charge is 2.40. The summed E-state index contributed by atoms with van der Waals surface area (Å²) in [6.45, 7) is 1.12. The van der Waals surface area contributed by atoms with E-state index in [0.29, 0.717) is 12.6 Å². The molecule has 2 nitrogen and oxygen atoms in total. The van der Waals surface area contributed by atoms with E-state index in [1.54, 1.807) is 6.07 Å². The molecule has 1 heterocycles. The summed E-state index contributed by atoms with van der Waals surface area (Å²) in [7, 11) is 0. The molecular formula is C13H15F3N2. The van der Waals surface area contributed by atoms with Gasteiger partial charge in [-0.3, -0.25) is 4.90 Å². The van der Waals surface area contributed by atoms with Gasteiger partial charge in [0.25, 0.3) is 0 Å². The number of hydrogen-bond acceptors (Lipinski definition) is 2. The van der Waals surface area contributed by atoms with Gasteiger partial charge in [0.1, 0.15) is 0 Å². The minimum atomic E-state index is -4.28. The standard InChI is InChI=1S/C13H15F3N2/c14-13(15,16)9-2-1-8-7-18(10-3-4-10)12(6-17)11(8)5-9/h1-2,5,10,12H,3-4,6-7,17H2. The lowest BCUT2D eigenvalue weighted by Gasteiger charge is -2.23. The van der Waals surface area contributed by atoms with E-state index in [4.69, 9.17) is 5.73 Å². The van der Waals surface area contributed by atoms with Crippen molar-refractivity contribution in [1.82, 2.24) is 4.90 Å². The van der Waals surface area contributed by atoms with Crippen molar-refractivity contribution in [1.29, 1.82) is 0 Å². The first-order valence-electron chi connectivity index (χ1n) is 6.16. The number of rotatable bonds is 2. The van der Waals surface area contributed by atoms with Crippen LogP contribution in [0.4, 0.5) is 13.2 Å². The maximum atomic E-state index is 12.7. The van der Waals surface area contributed by atoms with Crippen LogP contribution in [0.25, 0.3) is 0 Å². The first-order chi connectivity index (χ1) is 8.50. The molecule has 0 aromatic heterocycles. The predicted molar refractivity (Wildman–Crippen MR) is 61.8 cm³/mol. The summed E-state index contributed by atoms with van der Waals surface area (Å²) < 4.78 is 38.1. The topological polar surface area (TPSA) is 29.3 Å². The van der Waals surface area contributed by atoms with Crippen LogP contribution in [0.5, 0.6) is 0 Å². The summed E-state index contributed by atoms with van der Waals surface area (Å²) in [5.41, 5.74) is 6.92. The Bertz CT molecular complexity index is 466. The van der Waals surface area contributed by atoms with Crippen molar-refractivity contribution in [2.45, 2.75) is 37.6 Å². The Morgan fingerprint density at radius 1 is 1.28 bits per heavy atom. The molecule has 0 bridgehead atoms. The third-order valence-corrected chi connectivity index (χ3v) is 3.82. The molecule has 0 spiro atoms. The average molecular weight is 256 g/mol. The van der Waals surface area contributed by atoms with Crippen LogP contribution < -0.4 is 5.73 Å². The van der Waals surface area contributed by atoms with Gasteiger partial charge in [-0.2, -0.15) is 13.2 Å². The van der Waals surface area contributed by atoms with E-state index in [9.17, 15) is 13.2 Å². The fourth-order valence-electron chi connectivity index (χ4n) is 2.76. The molecule has 1 aromatic carbocycles. The SMILES string of the molecule is NCC1c2cc(C(F)(F)F)ccc2CN1C1CC1. The van der Waals surface area contributed by atoms with Gasteiger partial charge >= 0.3 is 6.18 Å². The molecule has 0 amide bonds. The second kappa shape index (κ2) is 3.96. The van der Waals surface area contributed by atoms with E-state index in [2.05, 4.69) is 4.90 Å². The number of nitrogens with zero attached hydrogens (tertiary/aromatic N) is 1. The summed E-state index contributed by atoms with van der Waals surface area (Å²) >= 11 is 0. The van der Waals surface area contributed by atoms with Crippen molar-refractivity contribution in [3.05, 3.63) is 34.9 Å². The molecule has 1 aromatic rings. The van der Waals surface area contributed by atoms with Crippen molar-refractivity contribution in [2.75, 3.05) is 6.54 Å². The lowest BCUT2D eigenvalue weighted by molar-refractivity contribution is -0.137. The lowest BCUT2D eigenvalue weighted by atomic mass is 10.0. The summed E-state index contributed by atoms with van der Waals surface area (Å²) in [4.78, 5) is 2.24. The number of benzene rings is 1. The zero-order valence-electron chi connectivity index (χ0n) is 9.87. The van der Waals surface area contributed by atoms with E-state index < -0.39 is 11.7 Å². The minimum absolute atomic E-state index is 0.0465. The molecule has 2 aliphatic rings. The molecule has 1 unspecified atom stereocenters. The number of fused-ring (bicyclic) bond motifs is 1. The van der Waals surface area contributed by atoms with Crippen LogP contribution in [0.2, 0.25) is 0 Å². The van der Waals surface area contributed by atoms with Crippen LogP contribution in [0, 0.1) is 0 Å². The number of alkyl halides is 3. The number of hydrogen-bond donors (Lipinski definition) is 1. The van der Waals surface area contributed by atoms with Crippen molar-refractivity contribution in [3.8, 4) is 0 Å². The Morgan fingerprint density at radius 3 is 2.56 bits per heavy atom. The van der Waals surface area contributed by atoms with Gasteiger partial charge in [0, 0.05) is 25.2 Å². The molecular weight excluding hydrogens is 241 g/mol. The van der Waals surface area contributed by atoms with Crippen LogP contribution in [0.15, 0.2) is 18.2 Å². The van der Waals surface area contributed by atoms with Crippen LogP contribution in [0.1, 0.15) is 35.6 Å². The van der Waals surface area contributed by atoms with Crippen molar-refractivity contribution in [2.24, 2.45) is 5.73 Å². The van der Waals surface area contributed by atoms with E-state index >= 15 is 0 Å². The first-order valence-corrected chi connectivity index (χ1v) is 6.16. The molecule has 0 saturated heterocycles. The quantitative estimate of drug-likeness (QED) is 0.881. The summed E-state index contributed by atoms with van der Waals surface area (Å²) in [5, 5.41) is 0. The summed E-state index contributed by atoms with van der Waals surface area (Å²) in [5.74, 6) is 0. The van der Waals surface area contributed by atoms with Crippen molar-refractivity contribution < 1.29 is 13.2 Å². The van der Waals surface area contributed by atoms with Crippen molar-refractivity contribution in [3.63, 3.8) is 0 Å². The molecule has 1 atom stereocenters. The van der Waals surface area contributed by atoms with Gasteiger partial charge in [-0.05, 0) is 36.1 Å². The van der Waals surface area contributed by atoms with Crippen molar-refractivity contribution >= 4 is 0 Å². The van der Waals surface area contributed by atoms with E-state index in [1.165, 1.54) is 12.1 Å². The molecule has 3 rings (SSSR count). The Kier molecular flexibility index (Phi) is 2.64. The largest absolute Gasteiger partial charge is 0.416 e.